The van der Waals surface area contributed by atoms with Gasteiger partial charge in [-0.05, 0) is 43.3 Å². The minimum absolute atomic E-state index is 0.334. The molecule has 120 valence electrons. The average molecular weight is 353 g/mol. The fourth-order valence-electron chi connectivity index (χ4n) is 1.72. The molecule has 0 aliphatic carbocycles. The van der Waals surface area contributed by atoms with Crippen LogP contribution in [0.15, 0.2) is 48.5 Å². The van der Waals surface area contributed by atoms with Crippen LogP contribution in [0.25, 0.3) is 0 Å². The Morgan fingerprint density at radius 2 is 1.65 bits per heavy atom. The zero-order chi connectivity index (χ0) is 16.8. The first kappa shape index (κ1) is 17.1. The third kappa shape index (κ3) is 5.16. The quantitative estimate of drug-likeness (QED) is 0.830. The first-order chi connectivity index (χ1) is 11.0. The van der Waals surface area contributed by atoms with Crippen molar-refractivity contribution in [3.63, 3.8) is 0 Å². The van der Waals surface area contributed by atoms with E-state index in [-0.39, 0.29) is 0 Å². The molecule has 2 aromatic rings. The van der Waals surface area contributed by atoms with Crippen molar-refractivity contribution in [2.24, 2.45) is 0 Å². The van der Waals surface area contributed by atoms with Crippen molar-refractivity contribution in [2.75, 3.05) is 0 Å². The van der Waals surface area contributed by atoms with E-state index in [1.165, 1.54) is 6.07 Å². The Bertz CT molecular complexity index is 722. The van der Waals surface area contributed by atoms with Gasteiger partial charge in [-0.25, -0.2) is 0 Å². The molecule has 0 aromatic heterocycles. The van der Waals surface area contributed by atoms with Crippen molar-refractivity contribution in [1.82, 2.24) is 10.9 Å². The molecule has 0 spiro atoms. The molecule has 2 aromatic carbocycles. The van der Waals surface area contributed by atoms with Gasteiger partial charge in [0.05, 0.1) is 0 Å². The van der Waals surface area contributed by atoms with Crippen molar-refractivity contribution < 1.29 is 14.3 Å². The number of ether oxygens (including phenoxy) is 1. The number of carbonyl (C=O) groups excluding carboxylic acids is 2. The molecule has 2 rings (SSSR count). The van der Waals surface area contributed by atoms with E-state index in [9.17, 15) is 9.59 Å². The molecule has 2 N–H and O–H groups in total. The summed E-state index contributed by atoms with van der Waals surface area (Å²) < 4.78 is 5.45. The van der Waals surface area contributed by atoms with E-state index in [0.29, 0.717) is 21.4 Å². The van der Waals surface area contributed by atoms with Crippen molar-refractivity contribution in [3.8, 4) is 5.75 Å². The fourth-order valence-corrected chi connectivity index (χ4v) is 2.09. The number of halogens is 2. The van der Waals surface area contributed by atoms with Crippen molar-refractivity contribution in [1.29, 1.82) is 0 Å². The highest BCUT2D eigenvalue weighted by Gasteiger charge is 2.16. The third-order valence-electron chi connectivity index (χ3n) is 2.86. The molecule has 0 saturated heterocycles. The van der Waals surface area contributed by atoms with E-state index in [1.807, 2.05) is 0 Å². The van der Waals surface area contributed by atoms with Gasteiger partial charge in [-0.1, -0.05) is 35.3 Å². The second-order valence-corrected chi connectivity index (χ2v) is 5.54. The minimum atomic E-state index is -0.812. The molecular formula is C16H14Cl2N2O3. The molecular weight excluding hydrogens is 339 g/mol. The smallest absolute Gasteiger partial charge is 0.279 e. The minimum Gasteiger partial charge on any atom is -0.481 e. The number of carbonyl (C=O) groups is 2. The predicted octanol–water partition coefficient (Wildman–Crippen LogP) is 3.22. The van der Waals surface area contributed by atoms with Crippen LogP contribution in [0.2, 0.25) is 10.0 Å². The van der Waals surface area contributed by atoms with Gasteiger partial charge >= 0.3 is 0 Å². The van der Waals surface area contributed by atoms with E-state index in [1.54, 1.807) is 49.4 Å². The number of amides is 2. The van der Waals surface area contributed by atoms with Crippen LogP contribution in [0.5, 0.6) is 5.75 Å². The van der Waals surface area contributed by atoms with E-state index in [4.69, 9.17) is 27.9 Å². The molecule has 1 atom stereocenters. The summed E-state index contributed by atoms with van der Waals surface area (Å²) in [6, 6.07) is 13.1. The molecule has 0 aliphatic rings. The van der Waals surface area contributed by atoms with Gasteiger partial charge in [0.2, 0.25) is 0 Å². The summed E-state index contributed by atoms with van der Waals surface area (Å²) in [6.45, 7) is 1.56. The van der Waals surface area contributed by atoms with Gasteiger partial charge in [-0.2, -0.15) is 0 Å². The van der Waals surface area contributed by atoms with Gasteiger partial charge < -0.3 is 4.74 Å². The van der Waals surface area contributed by atoms with Crippen LogP contribution in [0.1, 0.15) is 17.3 Å². The van der Waals surface area contributed by atoms with Crippen LogP contribution in [0.3, 0.4) is 0 Å². The zero-order valence-electron chi connectivity index (χ0n) is 12.2. The van der Waals surface area contributed by atoms with Gasteiger partial charge in [0.15, 0.2) is 6.10 Å². The highest BCUT2D eigenvalue weighted by molar-refractivity contribution is 6.31. The molecule has 5 nitrogen and oxygen atoms in total. The Morgan fingerprint density at radius 3 is 2.30 bits per heavy atom. The molecule has 23 heavy (non-hydrogen) atoms. The summed E-state index contributed by atoms with van der Waals surface area (Å²) in [4.78, 5) is 23.8. The molecule has 0 saturated carbocycles. The number of hydrogen-bond donors (Lipinski definition) is 2. The number of hydrogen-bond acceptors (Lipinski definition) is 3. The predicted molar refractivity (Wildman–Crippen MR) is 88.6 cm³/mol. The lowest BCUT2D eigenvalue weighted by atomic mass is 10.2. The number of rotatable bonds is 4. The monoisotopic (exact) mass is 352 g/mol. The van der Waals surface area contributed by atoms with Gasteiger partial charge in [0, 0.05) is 15.6 Å². The van der Waals surface area contributed by atoms with Crippen LogP contribution in [-0.4, -0.2) is 17.9 Å². The molecule has 0 aliphatic heterocycles. The molecule has 0 radical (unpaired) electrons. The number of hydrazine groups is 1. The fraction of sp³-hybridized carbons (Fsp3) is 0.125. The standard InChI is InChI=1S/C16H14Cl2N2O3/c1-10(23-14-7-3-6-13(18)9-14)15(21)19-20-16(22)11-4-2-5-12(17)8-11/h2-10H,1H3,(H,19,21)(H,20,22). The van der Waals surface area contributed by atoms with E-state index in [2.05, 4.69) is 10.9 Å². The highest BCUT2D eigenvalue weighted by Crippen LogP contribution is 2.18. The third-order valence-corrected chi connectivity index (χ3v) is 3.33. The summed E-state index contributed by atoms with van der Waals surface area (Å²) in [5, 5.41) is 0.936. The lowest BCUT2D eigenvalue weighted by molar-refractivity contribution is -0.128. The van der Waals surface area contributed by atoms with E-state index in [0.717, 1.165) is 0 Å². The summed E-state index contributed by atoms with van der Waals surface area (Å²) >= 11 is 11.6. The number of benzene rings is 2. The zero-order valence-corrected chi connectivity index (χ0v) is 13.7. The summed E-state index contributed by atoms with van der Waals surface area (Å²) in [5.74, 6) is -0.516. The Kier molecular flexibility index (Phi) is 5.84. The highest BCUT2D eigenvalue weighted by atomic mass is 35.5. The molecule has 1 unspecified atom stereocenters. The first-order valence-corrected chi connectivity index (χ1v) is 7.49. The average Bonchev–Trinajstić information content (AvgIpc) is 2.52. The number of nitrogens with one attached hydrogen (secondary N) is 2. The van der Waals surface area contributed by atoms with Crippen molar-refractivity contribution in [3.05, 3.63) is 64.1 Å². The van der Waals surface area contributed by atoms with Crippen LogP contribution in [-0.2, 0) is 4.79 Å². The Balaban J connectivity index is 1.87. The Labute approximate surface area is 143 Å². The van der Waals surface area contributed by atoms with Gasteiger partial charge in [-0.15, -0.1) is 0 Å². The lowest BCUT2D eigenvalue weighted by Gasteiger charge is -2.15. The molecule has 7 heteroatoms. The molecule has 2 amide bonds. The van der Waals surface area contributed by atoms with E-state index < -0.39 is 17.9 Å². The second-order valence-electron chi connectivity index (χ2n) is 4.67. The van der Waals surface area contributed by atoms with Crippen LogP contribution in [0, 0.1) is 0 Å². The topological polar surface area (TPSA) is 67.4 Å². The summed E-state index contributed by atoms with van der Waals surface area (Å²) in [6.07, 6.45) is -0.812. The molecule has 0 heterocycles. The van der Waals surface area contributed by atoms with Gasteiger partial charge in [-0.3, -0.25) is 20.4 Å². The second kappa shape index (κ2) is 7.85. The van der Waals surface area contributed by atoms with Crippen molar-refractivity contribution >= 4 is 35.0 Å². The lowest BCUT2D eigenvalue weighted by Crippen LogP contribution is -2.47. The van der Waals surface area contributed by atoms with Crippen LogP contribution < -0.4 is 15.6 Å². The van der Waals surface area contributed by atoms with Crippen molar-refractivity contribution in [2.45, 2.75) is 13.0 Å². The molecule has 0 bridgehead atoms. The van der Waals surface area contributed by atoms with Crippen LogP contribution >= 0.6 is 23.2 Å². The molecule has 0 fully saturated rings. The maximum absolute atomic E-state index is 11.9. The SMILES string of the molecule is CC(Oc1cccc(Cl)c1)C(=O)NNC(=O)c1cccc(Cl)c1. The summed E-state index contributed by atoms with van der Waals surface area (Å²) in [7, 11) is 0. The van der Waals surface area contributed by atoms with Gasteiger partial charge in [0.25, 0.3) is 11.8 Å². The maximum Gasteiger partial charge on any atom is 0.279 e. The first-order valence-electron chi connectivity index (χ1n) is 6.73. The van der Waals surface area contributed by atoms with Gasteiger partial charge in [0.1, 0.15) is 5.75 Å². The normalized spacial score (nSPS) is 11.4. The Morgan fingerprint density at radius 1 is 1.00 bits per heavy atom. The van der Waals surface area contributed by atoms with Crippen LogP contribution in [0.4, 0.5) is 0 Å². The maximum atomic E-state index is 11.9. The Hall–Kier alpha value is -2.24. The summed E-state index contributed by atoms with van der Waals surface area (Å²) in [5.41, 5.74) is 4.93. The largest absolute Gasteiger partial charge is 0.481 e. The van der Waals surface area contributed by atoms with E-state index >= 15 is 0 Å².